The average Bonchev–Trinajstić information content (AvgIpc) is 2.56. The first-order chi connectivity index (χ1) is 11.5. The van der Waals surface area contributed by atoms with Crippen molar-refractivity contribution in [3.63, 3.8) is 0 Å². The lowest BCUT2D eigenvalue weighted by atomic mass is 10.2. The maximum absolute atomic E-state index is 12.1. The van der Waals surface area contributed by atoms with Gasteiger partial charge in [0.15, 0.2) is 11.5 Å². The summed E-state index contributed by atoms with van der Waals surface area (Å²) in [4.78, 5) is 12.1. The number of carbonyl (C=O) groups is 1. The second kappa shape index (κ2) is 7.32. The molecule has 2 aromatic carbocycles. The van der Waals surface area contributed by atoms with Gasteiger partial charge in [0, 0.05) is 18.2 Å². The van der Waals surface area contributed by atoms with Gasteiger partial charge >= 0.3 is 6.03 Å². The van der Waals surface area contributed by atoms with Crippen LogP contribution >= 0.6 is 0 Å². The van der Waals surface area contributed by atoms with Crippen molar-refractivity contribution >= 4 is 17.4 Å². The molecule has 2 aromatic rings. The molecule has 0 heterocycles. The smallest absolute Gasteiger partial charge is 0.323 e. The Morgan fingerprint density at radius 2 is 1.54 bits per heavy atom. The van der Waals surface area contributed by atoms with Crippen LogP contribution in [-0.2, 0) is 0 Å². The number of ether oxygens (including phenoxy) is 3. The molecule has 0 fully saturated rings. The molecule has 4 N–H and O–H groups in total. The van der Waals surface area contributed by atoms with Crippen molar-refractivity contribution in [2.24, 2.45) is 0 Å². The molecule has 0 unspecified atom stereocenters. The number of aromatic hydroxyl groups is 2. The number of hydrogen-bond acceptors (Lipinski definition) is 6. The molecule has 0 aliphatic rings. The van der Waals surface area contributed by atoms with E-state index in [1.165, 1.54) is 33.5 Å². The highest BCUT2D eigenvalue weighted by Crippen LogP contribution is 2.40. The Morgan fingerprint density at radius 3 is 2.04 bits per heavy atom. The van der Waals surface area contributed by atoms with Crippen LogP contribution in [0.2, 0.25) is 0 Å². The summed E-state index contributed by atoms with van der Waals surface area (Å²) >= 11 is 0. The van der Waals surface area contributed by atoms with Gasteiger partial charge in [-0.3, -0.25) is 0 Å². The summed E-state index contributed by atoms with van der Waals surface area (Å²) in [5, 5.41) is 24.0. The minimum atomic E-state index is -0.592. The summed E-state index contributed by atoms with van der Waals surface area (Å²) < 4.78 is 15.6. The van der Waals surface area contributed by atoms with Crippen molar-refractivity contribution in [2.45, 2.75) is 0 Å². The topological polar surface area (TPSA) is 109 Å². The van der Waals surface area contributed by atoms with Gasteiger partial charge in [-0.25, -0.2) is 4.79 Å². The van der Waals surface area contributed by atoms with Crippen LogP contribution in [0, 0.1) is 0 Å². The molecule has 0 spiro atoms. The third-order valence-electron chi connectivity index (χ3n) is 3.15. The molecule has 0 saturated carbocycles. The maximum atomic E-state index is 12.1. The maximum Gasteiger partial charge on any atom is 0.323 e. The monoisotopic (exact) mass is 334 g/mol. The predicted octanol–water partition coefficient (Wildman–Crippen LogP) is 2.77. The molecule has 0 aliphatic heterocycles. The van der Waals surface area contributed by atoms with Gasteiger partial charge in [-0.05, 0) is 12.1 Å². The average molecular weight is 334 g/mol. The minimum Gasteiger partial charge on any atom is -0.508 e. The largest absolute Gasteiger partial charge is 0.508 e. The van der Waals surface area contributed by atoms with E-state index in [-0.39, 0.29) is 17.2 Å². The van der Waals surface area contributed by atoms with Gasteiger partial charge in [0.05, 0.1) is 32.7 Å². The Bertz CT molecular complexity index is 722. The van der Waals surface area contributed by atoms with Crippen molar-refractivity contribution in [2.75, 3.05) is 32.0 Å². The van der Waals surface area contributed by atoms with Gasteiger partial charge < -0.3 is 35.1 Å². The molecule has 128 valence electrons. The Labute approximate surface area is 138 Å². The number of rotatable bonds is 5. The number of carbonyl (C=O) groups excluding carboxylic acids is 1. The van der Waals surface area contributed by atoms with Crippen molar-refractivity contribution in [1.82, 2.24) is 0 Å². The molecule has 8 heteroatoms. The number of anilines is 2. The fourth-order valence-corrected chi connectivity index (χ4v) is 2.06. The number of urea groups is 1. The second-order valence-corrected chi connectivity index (χ2v) is 4.69. The van der Waals surface area contributed by atoms with Crippen LogP contribution in [0.4, 0.5) is 16.2 Å². The Kier molecular flexibility index (Phi) is 5.20. The highest BCUT2D eigenvalue weighted by molar-refractivity contribution is 6.01. The molecular formula is C16H18N2O6. The molecule has 2 amide bonds. The highest BCUT2D eigenvalue weighted by atomic mass is 16.5. The second-order valence-electron chi connectivity index (χ2n) is 4.69. The van der Waals surface area contributed by atoms with E-state index in [2.05, 4.69) is 10.6 Å². The number of methoxy groups -OCH3 is 3. The molecule has 0 radical (unpaired) electrons. The van der Waals surface area contributed by atoms with Crippen LogP contribution in [-0.4, -0.2) is 37.6 Å². The Morgan fingerprint density at radius 1 is 0.917 bits per heavy atom. The minimum absolute atomic E-state index is 0.108. The summed E-state index contributed by atoms with van der Waals surface area (Å²) in [6, 6.07) is 6.38. The summed E-state index contributed by atoms with van der Waals surface area (Å²) in [6.07, 6.45) is 0. The SMILES string of the molecule is COc1cc(NC(=O)Nc2ccc(O)cc2O)cc(OC)c1OC. The fourth-order valence-electron chi connectivity index (χ4n) is 2.06. The van der Waals surface area contributed by atoms with Crippen molar-refractivity contribution < 1.29 is 29.2 Å². The first-order valence-corrected chi connectivity index (χ1v) is 6.88. The van der Waals surface area contributed by atoms with E-state index in [9.17, 15) is 15.0 Å². The molecule has 0 aliphatic carbocycles. The first-order valence-electron chi connectivity index (χ1n) is 6.88. The van der Waals surface area contributed by atoms with Crippen molar-refractivity contribution in [3.8, 4) is 28.7 Å². The van der Waals surface area contributed by atoms with E-state index in [1.54, 1.807) is 12.1 Å². The molecule has 24 heavy (non-hydrogen) atoms. The lowest BCUT2D eigenvalue weighted by Gasteiger charge is -2.15. The lowest BCUT2D eigenvalue weighted by molar-refractivity contribution is 0.262. The molecule has 0 atom stereocenters. The van der Waals surface area contributed by atoms with Gasteiger partial charge in [-0.15, -0.1) is 0 Å². The van der Waals surface area contributed by atoms with Crippen LogP contribution in [0.15, 0.2) is 30.3 Å². The third kappa shape index (κ3) is 3.72. The van der Waals surface area contributed by atoms with Gasteiger partial charge in [0.1, 0.15) is 11.5 Å². The van der Waals surface area contributed by atoms with E-state index in [4.69, 9.17) is 14.2 Å². The van der Waals surface area contributed by atoms with Gasteiger partial charge in [0.25, 0.3) is 0 Å². The molecular weight excluding hydrogens is 316 g/mol. The van der Waals surface area contributed by atoms with Crippen LogP contribution in [0.25, 0.3) is 0 Å². The number of phenols is 2. The highest BCUT2D eigenvalue weighted by Gasteiger charge is 2.15. The number of hydrogen-bond donors (Lipinski definition) is 4. The van der Waals surface area contributed by atoms with Gasteiger partial charge in [0.2, 0.25) is 5.75 Å². The van der Waals surface area contributed by atoms with E-state index in [1.807, 2.05) is 0 Å². The lowest BCUT2D eigenvalue weighted by Crippen LogP contribution is -2.19. The summed E-state index contributed by atoms with van der Waals surface area (Å²) in [7, 11) is 4.42. The van der Waals surface area contributed by atoms with Crippen LogP contribution < -0.4 is 24.8 Å². The van der Waals surface area contributed by atoms with E-state index >= 15 is 0 Å². The summed E-state index contributed by atoms with van der Waals surface area (Å²) in [6.45, 7) is 0. The zero-order valence-corrected chi connectivity index (χ0v) is 13.4. The number of nitrogens with one attached hydrogen (secondary N) is 2. The Balaban J connectivity index is 2.19. The zero-order chi connectivity index (χ0) is 17.7. The van der Waals surface area contributed by atoms with E-state index < -0.39 is 6.03 Å². The number of amides is 2. The van der Waals surface area contributed by atoms with Gasteiger partial charge in [-0.2, -0.15) is 0 Å². The molecule has 0 aromatic heterocycles. The van der Waals surface area contributed by atoms with Crippen molar-refractivity contribution in [3.05, 3.63) is 30.3 Å². The third-order valence-corrected chi connectivity index (χ3v) is 3.15. The standard InChI is InChI=1S/C16H18N2O6/c1-22-13-6-9(7-14(23-2)15(13)24-3)17-16(21)18-11-5-4-10(19)8-12(11)20/h4-8,19-20H,1-3H3,(H2,17,18,21). The van der Waals surface area contributed by atoms with Crippen LogP contribution in [0.3, 0.4) is 0 Å². The molecule has 0 bridgehead atoms. The van der Waals surface area contributed by atoms with Crippen LogP contribution in [0.1, 0.15) is 0 Å². The predicted molar refractivity (Wildman–Crippen MR) is 88.5 cm³/mol. The fraction of sp³-hybridized carbons (Fsp3) is 0.188. The Hall–Kier alpha value is -3.29. The number of benzene rings is 2. The zero-order valence-electron chi connectivity index (χ0n) is 13.4. The summed E-state index contributed by atoms with van der Waals surface area (Å²) in [5.74, 6) is 0.819. The molecule has 2 rings (SSSR count). The summed E-state index contributed by atoms with van der Waals surface area (Å²) in [5.41, 5.74) is 0.554. The van der Waals surface area contributed by atoms with Crippen LogP contribution in [0.5, 0.6) is 28.7 Å². The van der Waals surface area contributed by atoms with E-state index in [0.717, 1.165) is 6.07 Å². The van der Waals surface area contributed by atoms with Crippen molar-refractivity contribution in [1.29, 1.82) is 0 Å². The first kappa shape index (κ1) is 17.1. The molecule has 0 saturated heterocycles. The van der Waals surface area contributed by atoms with E-state index in [0.29, 0.717) is 22.9 Å². The number of phenolic OH excluding ortho intramolecular Hbond substituents is 2. The molecule has 8 nitrogen and oxygen atoms in total. The normalized spacial score (nSPS) is 9.96. The van der Waals surface area contributed by atoms with Gasteiger partial charge in [-0.1, -0.05) is 0 Å². The quantitative estimate of drug-likeness (QED) is 0.494.